The third-order valence-corrected chi connectivity index (χ3v) is 6.40. The van der Waals surface area contributed by atoms with E-state index in [9.17, 15) is 10.1 Å². The van der Waals surface area contributed by atoms with E-state index in [4.69, 9.17) is 29.4 Å². The van der Waals surface area contributed by atoms with E-state index < -0.39 is 11.9 Å². The Kier molecular flexibility index (Phi) is 8.54. The lowest BCUT2D eigenvalue weighted by molar-refractivity contribution is -0.136. The molecule has 3 aromatic rings. The van der Waals surface area contributed by atoms with Crippen LogP contribution in [0.25, 0.3) is 0 Å². The monoisotopic (exact) mass is 542 g/mol. The smallest absolute Gasteiger partial charge is 0.349 e. The highest BCUT2D eigenvalue weighted by molar-refractivity contribution is 5.74. The third-order valence-electron chi connectivity index (χ3n) is 6.40. The van der Waals surface area contributed by atoms with Crippen LogP contribution in [0, 0.1) is 11.3 Å². The number of nitrogens with two attached hydrogens (primary N) is 1. The minimum absolute atomic E-state index is 0.0163. The molecule has 208 valence electrons. The molecule has 8 nitrogen and oxygen atoms in total. The lowest BCUT2D eigenvalue weighted by Crippen LogP contribution is -2.22. The van der Waals surface area contributed by atoms with E-state index in [0.29, 0.717) is 41.8 Å². The van der Waals surface area contributed by atoms with Crippen LogP contribution in [0.3, 0.4) is 0 Å². The molecule has 1 heterocycles. The van der Waals surface area contributed by atoms with Gasteiger partial charge in [0.15, 0.2) is 18.1 Å². The van der Waals surface area contributed by atoms with Crippen molar-refractivity contribution in [2.45, 2.75) is 46.0 Å². The van der Waals surface area contributed by atoms with Gasteiger partial charge in [-0.25, -0.2) is 4.79 Å². The number of ether oxygens (including phenoxy) is 5. The molecule has 0 bridgehead atoms. The summed E-state index contributed by atoms with van der Waals surface area (Å²) in [6.45, 7) is 10.9. The van der Waals surface area contributed by atoms with Crippen molar-refractivity contribution in [1.29, 1.82) is 5.26 Å². The second-order valence-corrected chi connectivity index (χ2v) is 10.2. The molecule has 4 rings (SSSR count). The van der Waals surface area contributed by atoms with E-state index in [1.54, 1.807) is 18.2 Å². The molecule has 0 amide bonds. The SMILES string of the molecule is CCOc1ccc(C2C(C#N)=C(N)Oc3cc(OC(=O)COc4ccc(C(C)(C)C)cc4)ccc32)cc1OCC. The van der Waals surface area contributed by atoms with E-state index in [1.165, 1.54) is 5.56 Å². The number of carbonyl (C=O) groups is 1. The Hall–Kier alpha value is -4.64. The number of allylic oxidation sites excluding steroid dienone is 1. The zero-order valence-corrected chi connectivity index (χ0v) is 23.4. The van der Waals surface area contributed by atoms with E-state index >= 15 is 0 Å². The summed E-state index contributed by atoms with van der Waals surface area (Å²) in [6, 6.07) is 20.3. The molecule has 1 aliphatic rings. The van der Waals surface area contributed by atoms with Crippen molar-refractivity contribution in [3.05, 3.63) is 88.8 Å². The highest BCUT2D eigenvalue weighted by Gasteiger charge is 2.32. The lowest BCUT2D eigenvalue weighted by Gasteiger charge is -2.27. The minimum Gasteiger partial charge on any atom is -0.490 e. The fourth-order valence-corrected chi connectivity index (χ4v) is 4.44. The summed E-state index contributed by atoms with van der Waals surface area (Å²) in [5, 5.41) is 9.90. The Morgan fingerprint density at radius 1 is 0.925 bits per heavy atom. The standard InChI is InChI=1S/C32H34N2O6/c1-6-36-26-15-8-20(16-28(26)37-7-2)30-24-14-13-23(17-27(24)40-31(34)25(30)18-33)39-29(35)19-38-22-11-9-21(10-12-22)32(3,4)5/h8-17,30H,6-7,19,34H2,1-5H3. The molecule has 1 aliphatic heterocycles. The summed E-state index contributed by atoms with van der Waals surface area (Å²) in [6.07, 6.45) is 0. The first-order valence-corrected chi connectivity index (χ1v) is 13.2. The number of benzene rings is 3. The van der Waals surface area contributed by atoms with Crippen LogP contribution in [-0.2, 0) is 10.2 Å². The normalized spacial score (nSPS) is 14.4. The molecule has 1 unspecified atom stereocenters. The van der Waals surface area contributed by atoms with Crippen molar-refractivity contribution >= 4 is 5.97 Å². The van der Waals surface area contributed by atoms with Gasteiger partial charge in [-0.15, -0.1) is 0 Å². The predicted octanol–water partition coefficient (Wildman–Crippen LogP) is 5.98. The molecular formula is C32H34N2O6. The summed E-state index contributed by atoms with van der Waals surface area (Å²) >= 11 is 0. The number of fused-ring (bicyclic) bond motifs is 1. The average Bonchev–Trinajstić information content (AvgIpc) is 2.92. The van der Waals surface area contributed by atoms with Crippen molar-refractivity contribution in [2.75, 3.05) is 19.8 Å². The molecule has 3 aromatic carbocycles. The Labute approximate surface area is 234 Å². The van der Waals surface area contributed by atoms with Gasteiger partial charge < -0.3 is 29.4 Å². The Balaban J connectivity index is 1.53. The van der Waals surface area contributed by atoms with Crippen LogP contribution in [0.4, 0.5) is 0 Å². The zero-order valence-electron chi connectivity index (χ0n) is 23.4. The molecule has 1 atom stereocenters. The topological polar surface area (TPSA) is 113 Å². The number of esters is 1. The maximum atomic E-state index is 12.5. The van der Waals surface area contributed by atoms with Crippen molar-refractivity contribution < 1.29 is 28.5 Å². The molecular weight excluding hydrogens is 508 g/mol. The largest absolute Gasteiger partial charge is 0.490 e. The minimum atomic E-state index is -0.568. The third kappa shape index (κ3) is 6.32. The van der Waals surface area contributed by atoms with E-state index in [-0.39, 0.29) is 29.2 Å². The number of nitrogens with zero attached hydrogens (tertiary/aromatic N) is 1. The van der Waals surface area contributed by atoms with Gasteiger partial charge in [-0.2, -0.15) is 5.26 Å². The summed E-state index contributed by atoms with van der Waals surface area (Å²) in [4.78, 5) is 12.5. The molecule has 40 heavy (non-hydrogen) atoms. The maximum Gasteiger partial charge on any atom is 0.349 e. The highest BCUT2D eigenvalue weighted by atomic mass is 16.6. The summed E-state index contributed by atoms with van der Waals surface area (Å²) in [7, 11) is 0. The molecule has 0 aliphatic carbocycles. The summed E-state index contributed by atoms with van der Waals surface area (Å²) in [5.41, 5.74) is 9.11. The van der Waals surface area contributed by atoms with Gasteiger partial charge in [0.25, 0.3) is 0 Å². The first kappa shape index (κ1) is 28.4. The molecule has 0 spiro atoms. The number of rotatable bonds is 9. The van der Waals surface area contributed by atoms with Crippen LogP contribution in [0.1, 0.15) is 57.2 Å². The Morgan fingerprint density at radius 3 is 2.25 bits per heavy atom. The second kappa shape index (κ2) is 12.0. The fourth-order valence-electron chi connectivity index (χ4n) is 4.44. The number of hydrogen-bond acceptors (Lipinski definition) is 8. The van der Waals surface area contributed by atoms with Crippen molar-refractivity contribution in [3.63, 3.8) is 0 Å². The molecule has 0 radical (unpaired) electrons. The van der Waals surface area contributed by atoms with Crippen molar-refractivity contribution in [2.24, 2.45) is 5.73 Å². The molecule has 2 N–H and O–H groups in total. The van der Waals surface area contributed by atoms with Gasteiger partial charge in [-0.1, -0.05) is 45.0 Å². The van der Waals surface area contributed by atoms with Gasteiger partial charge in [0.1, 0.15) is 28.9 Å². The Morgan fingerprint density at radius 2 is 1.60 bits per heavy atom. The van der Waals surface area contributed by atoms with Gasteiger partial charge in [-0.3, -0.25) is 0 Å². The Bertz CT molecular complexity index is 1450. The van der Waals surface area contributed by atoms with E-state index in [0.717, 1.165) is 5.56 Å². The van der Waals surface area contributed by atoms with Crippen molar-refractivity contribution in [3.8, 4) is 34.8 Å². The van der Waals surface area contributed by atoms with Crippen LogP contribution in [-0.4, -0.2) is 25.8 Å². The molecule has 8 heteroatoms. The quantitative estimate of drug-likeness (QED) is 0.259. The van der Waals surface area contributed by atoms with Gasteiger partial charge in [0.2, 0.25) is 5.88 Å². The van der Waals surface area contributed by atoms with Crippen molar-refractivity contribution in [1.82, 2.24) is 0 Å². The van der Waals surface area contributed by atoms with Crippen LogP contribution < -0.4 is 29.4 Å². The second-order valence-electron chi connectivity index (χ2n) is 10.2. The lowest BCUT2D eigenvalue weighted by atomic mass is 9.83. The first-order chi connectivity index (χ1) is 19.1. The van der Waals surface area contributed by atoms with Gasteiger partial charge in [0.05, 0.1) is 19.1 Å². The fraction of sp³-hybridized carbons (Fsp3) is 0.312. The van der Waals surface area contributed by atoms with Crippen LogP contribution >= 0.6 is 0 Å². The molecule has 0 aromatic heterocycles. The van der Waals surface area contributed by atoms with E-state index in [1.807, 2.05) is 56.3 Å². The summed E-state index contributed by atoms with van der Waals surface area (Å²) < 4.78 is 28.4. The van der Waals surface area contributed by atoms with Gasteiger partial charge in [0, 0.05) is 11.6 Å². The maximum absolute atomic E-state index is 12.5. The van der Waals surface area contributed by atoms with Crippen LogP contribution in [0.5, 0.6) is 28.7 Å². The number of hydrogen-bond donors (Lipinski definition) is 1. The number of carbonyl (C=O) groups excluding carboxylic acids is 1. The highest BCUT2D eigenvalue weighted by Crippen LogP contribution is 2.45. The molecule has 0 saturated heterocycles. The van der Waals surface area contributed by atoms with E-state index in [2.05, 4.69) is 26.8 Å². The van der Waals surface area contributed by atoms with Gasteiger partial charge >= 0.3 is 5.97 Å². The molecule has 0 fully saturated rings. The van der Waals surface area contributed by atoms with Crippen LogP contribution in [0.15, 0.2) is 72.1 Å². The number of nitriles is 1. The zero-order chi connectivity index (χ0) is 28.9. The average molecular weight is 543 g/mol. The van der Waals surface area contributed by atoms with Crippen LogP contribution in [0.2, 0.25) is 0 Å². The predicted molar refractivity (Wildman–Crippen MR) is 151 cm³/mol. The summed E-state index contributed by atoms with van der Waals surface area (Å²) in [5.74, 6) is 1.33. The first-order valence-electron chi connectivity index (χ1n) is 13.2. The molecule has 0 saturated carbocycles. The van der Waals surface area contributed by atoms with Gasteiger partial charge in [-0.05, 0) is 60.7 Å².